The lowest BCUT2D eigenvalue weighted by Crippen LogP contribution is -2.28. The number of rotatable bonds is 87. The largest absolute Gasteiger partial charge is 0.396 e. The summed E-state index contributed by atoms with van der Waals surface area (Å²) in [4.78, 5) is 15.6. The van der Waals surface area contributed by atoms with Gasteiger partial charge in [-0.25, -0.2) is 0 Å². The second-order valence-electron chi connectivity index (χ2n) is 43.2. The Labute approximate surface area is 750 Å². The molecule has 5 unspecified atom stereocenters. The van der Waals surface area contributed by atoms with Crippen LogP contribution in [0.2, 0.25) is 0 Å². The molecule has 0 heterocycles. The van der Waals surface area contributed by atoms with Crippen molar-refractivity contribution in [1.29, 1.82) is 0 Å². The molecular weight excluding hydrogens is 1430 g/mol. The van der Waals surface area contributed by atoms with Gasteiger partial charge in [-0.1, -0.05) is 386 Å². The molecule has 0 spiro atoms. The first-order chi connectivity index (χ1) is 57.0. The molecule has 0 saturated carbocycles. The summed E-state index contributed by atoms with van der Waals surface area (Å²) in [6.07, 6.45) is 78.7. The summed E-state index contributed by atoms with van der Waals surface area (Å²) in [6, 6.07) is 0. The van der Waals surface area contributed by atoms with Gasteiger partial charge in [0.2, 0.25) is 0 Å². The van der Waals surface area contributed by atoms with Crippen molar-refractivity contribution in [3.8, 4) is 0 Å². The minimum atomic E-state index is 0.0697. The predicted octanol–water partition coefficient (Wildman–Crippen LogP) is 39.8. The van der Waals surface area contributed by atoms with Crippen LogP contribution in [-0.4, -0.2) is 17.5 Å². The van der Waals surface area contributed by atoms with Crippen molar-refractivity contribution in [3.63, 3.8) is 0 Å². The molecule has 5 atom stereocenters. The average molecular weight is 1660 g/mol. The van der Waals surface area contributed by atoms with Crippen LogP contribution >= 0.6 is 0 Å². The van der Waals surface area contributed by atoms with Crippen molar-refractivity contribution >= 4 is 5.78 Å². The molecule has 0 aliphatic heterocycles. The maximum Gasteiger partial charge on any atom is 0.136 e. The lowest BCUT2D eigenvalue weighted by atomic mass is 9.66. The van der Waals surface area contributed by atoms with Crippen LogP contribution < -0.4 is 0 Å². The van der Waals surface area contributed by atoms with Crippen molar-refractivity contribution in [2.75, 3.05) is 6.61 Å². The van der Waals surface area contributed by atoms with E-state index in [1.807, 2.05) is 0 Å². The third kappa shape index (κ3) is 52.2. The fourth-order valence-electron chi connectivity index (χ4n) is 25.7. The number of aliphatic hydroxyl groups excluding tert-OH is 1. The first-order valence-corrected chi connectivity index (χ1v) is 56.1. The minimum absolute atomic E-state index is 0.0697. The number of unbranched alkanes of at least 4 members (excludes halogenated alkanes) is 2. The highest BCUT2D eigenvalue weighted by atomic mass is 16.3. The molecule has 708 valence electrons. The van der Waals surface area contributed by atoms with Crippen LogP contribution in [0.15, 0.2) is 0 Å². The van der Waals surface area contributed by atoms with E-state index in [2.05, 4.69) is 194 Å². The van der Waals surface area contributed by atoms with E-state index in [4.69, 9.17) is 0 Å². The fraction of sp³-hybridized carbons (Fsp3) is 0.991. The van der Waals surface area contributed by atoms with Gasteiger partial charge in [0, 0.05) is 18.9 Å². The van der Waals surface area contributed by atoms with Crippen molar-refractivity contribution in [3.05, 3.63) is 0 Å². The van der Waals surface area contributed by atoms with Crippen LogP contribution in [0.25, 0.3) is 0 Å². The lowest BCUT2D eigenvalue weighted by molar-refractivity contribution is -0.124. The van der Waals surface area contributed by atoms with Gasteiger partial charge in [-0.05, 0) is 334 Å². The van der Waals surface area contributed by atoms with E-state index >= 15 is 4.79 Å². The molecule has 0 radical (unpaired) electrons. The number of carbonyl (C=O) groups excluding carboxylic acids is 1. The molecule has 0 aliphatic rings. The zero-order chi connectivity index (χ0) is 88.6. The molecule has 2 heteroatoms. The number of hydrogen-bond acceptors (Lipinski definition) is 2. The molecule has 1 N–H and O–H groups in total. The van der Waals surface area contributed by atoms with E-state index in [1.165, 1.54) is 353 Å². The number of hydrogen-bond donors (Lipinski definition) is 1. The molecule has 0 aromatic carbocycles. The van der Waals surface area contributed by atoms with E-state index in [-0.39, 0.29) is 12.5 Å². The van der Waals surface area contributed by atoms with Gasteiger partial charge in [-0.2, -0.15) is 0 Å². The SMILES string of the molecule is CCCCCC(CC(CC)CC)CC(CC(CC(CC)CC)CC(CC)CC)CC(CC(CC(CC)CC)CC(CC)CC)CC(CC(CC(CC(CC(CC)CC)CC(CC)CC)CC(CC(CC)CC)CC(CC)CC)CC(CC(CC(CC)CC)CC(CC)CC)CC(CC(CC)CC)CC(CC)CC)CC(CC)C(=O)CCCO. The minimum Gasteiger partial charge on any atom is -0.396 e. The summed E-state index contributed by atoms with van der Waals surface area (Å²) < 4.78 is 0. The molecule has 0 saturated heterocycles. The molecule has 0 amide bonds. The summed E-state index contributed by atoms with van der Waals surface area (Å²) in [6.45, 7) is 71.1. The van der Waals surface area contributed by atoms with Gasteiger partial charge < -0.3 is 5.11 Å². The predicted molar refractivity (Wildman–Crippen MR) is 538 cm³/mol. The smallest absolute Gasteiger partial charge is 0.136 e. The van der Waals surface area contributed by atoms with Crippen LogP contribution in [0, 0.1) is 160 Å². The van der Waals surface area contributed by atoms with Crippen LogP contribution in [-0.2, 0) is 4.79 Å². The summed E-state index contributed by atoms with van der Waals surface area (Å²) in [5.41, 5.74) is 0. The number of carbonyl (C=O) groups is 1. The Morgan fingerprint density at radius 1 is 0.161 bits per heavy atom. The second-order valence-corrected chi connectivity index (χ2v) is 43.2. The summed E-state index contributed by atoms with van der Waals surface area (Å²) in [5.74, 6) is 20.6. The van der Waals surface area contributed by atoms with Crippen LogP contribution in [0.5, 0.6) is 0 Å². The van der Waals surface area contributed by atoms with Crippen molar-refractivity contribution in [1.82, 2.24) is 0 Å². The molecule has 118 heavy (non-hydrogen) atoms. The molecular formula is C116H232O2. The van der Waals surface area contributed by atoms with Gasteiger partial charge in [0.15, 0.2) is 0 Å². The summed E-state index contributed by atoms with van der Waals surface area (Å²) >= 11 is 0. The van der Waals surface area contributed by atoms with Crippen LogP contribution in [0.1, 0.15) is 573 Å². The van der Waals surface area contributed by atoms with E-state index in [1.54, 1.807) is 0 Å². The molecule has 0 bridgehead atoms. The highest BCUT2D eigenvalue weighted by Gasteiger charge is 2.38. The van der Waals surface area contributed by atoms with Gasteiger partial charge in [0.05, 0.1) is 0 Å². The lowest BCUT2D eigenvalue weighted by Gasteiger charge is -2.39. The summed E-state index contributed by atoms with van der Waals surface area (Å²) in [7, 11) is 0. The van der Waals surface area contributed by atoms with Crippen LogP contribution in [0.3, 0.4) is 0 Å². The zero-order valence-electron chi connectivity index (χ0n) is 87.4. The Bertz CT molecular complexity index is 1850. The van der Waals surface area contributed by atoms with Crippen LogP contribution in [0.4, 0.5) is 0 Å². The number of Topliss-reactive ketones (excluding diaryl/α,β-unsaturated/α-hetero) is 1. The van der Waals surface area contributed by atoms with E-state index < -0.39 is 0 Å². The van der Waals surface area contributed by atoms with Crippen molar-refractivity contribution < 1.29 is 9.90 Å². The number of ketones is 1. The highest BCUT2D eigenvalue weighted by Crippen LogP contribution is 2.49. The fourth-order valence-corrected chi connectivity index (χ4v) is 25.7. The van der Waals surface area contributed by atoms with Gasteiger partial charge in [0.1, 0.15) is 5.78 Å². The maximum absolute atomic E-state index is 15.6. The third-order valence-corrected chi connectivity index (χ3v) is 35.0. The van der Waals surface area contributed by atoms with Crippen molar-refractivity contribution in [2.24, 2.45) is 160 Å². The Hall–Kier alpha value is -0.370. The van der Waals surface area contributed by atoms with Gasteiger partial charge in [0.25, 0.3) is 0 Å². The molecule has 0 aliphatic carbocycles. The molecule has 0 aromatic heterocycles. The Morgan fingerprint density at radius 3 is 0.432 bits per heavy atom. The monoisotopic (exact) mass is 1660 g/mol. The third-order valence-electron chi connectivity index (χ3n) is 35.0. The average Bonchev–Trinajstić information content (AvgIpc) is 0.845. The van der Waals surface area contributed by atoms with Gasteiger partial charge in [-0.3, -0.25) is 4.79 Å². The topological polar surface area (TPSA) is 37.3 Å². The first-order valence-electron chi connectivity index (χ1n) is 56.1. The number of aliphatic hydroxyl groups is 1. The standard InChI is InChI=1S/C116H232O2/c1-29-57-58-60-102(63-89(30-2)31-3)76-109(77-103(64-90(32-4)33-5)65-91(34-6)35-7)83-112(82-108(74-100(52-24)53-25)75-101(54-26)55-27)86-114(88-115(56-28)116(118)61-59-62-117)87-113(84-110(78-104(66-92(36-8)37-9)67-93(38-10)39-11)79-105(68-94(40-12)41-13)69-95(42-14)43-15)85-111(80-106(70-96(44-16)45-17)71-97(46-18)47-19)81-107(72-98(48-20)49-21)73-99(50-22)51-23/h89-115,117H,29-88H2,1-28H3. The molecule has 0 aromatic rings. The maximum atomic E-state index is 15.6. The molecule has 0 fully saturated rings. The Morgan fingerprint density at radius 2 is 0.297 bits per heavy atom. The van der Waals surface area contributed by atoms with E-state index in [0.29, 0.717) is 36.4 Å². The first kappa shape index (κ1) is 118. The van der Waals surface area contributed by atoms with E-state index in [0.717, 1.165) is 149 Å². The Kier molecular flexibility index (Phi) is 75.4. The second kappa shape index (κ2) is 75.6. The highest BCUT2D eigenvalue weighted by molar-refractivity contribution is 5.80. The summed E-state index contributed by atoms with van der Waals surface area (Å²) in [5, 5.41) is 10.6. The van der Waals surface area contributed by atoms with Gasteiger partial charge >= 0.3 is 0 Å². The van der Waals surface area contributed by atoms with Gasteiger partial charge in [-0.15, -0.1) is 0 Å². The Balaban J connectivity index is 10.8. The van der Waals surface area contributed by atoms with E-state index in [9.17, 15) is 5.11 Å². The molecule has 0 rings (SSSR count). The normalized spacial score (nSPS) is 14.3. The quantitative estimate of drug-likeness (QED) is 0.0616. The molecule has 2 nitrogen and oxygen atoms in total. The zero-order valence-corrected chi connectivity index (χ0v) is 87.4. The van der Waals surface area contributed by atoms with Crippen molar-refractivity contribution in [2.45, 2.75) is 573 Å².